The maximum Gasteiger partial charge on any atom is 0.228 e. The first-order chi connectivity index (χ1) is 10.6. The fraction of sp³-hybridized carbons (Fsp3) is 0.235. The Hall–Kier alpha value is -2.56. The zero-order chi connectivity index (χ0) is 15.9. The van der Waals surface area contributed by atoms with E-state index in [0.717, 1.165) is 0 Å². The topological polar surface area (TPSA) is 47.6 Å². The van der Waals surface area contributed by atoms with Crippen LogP contribution in [0.3, 0.4) is 0 Å². The van der Waals surface area contributed by atoms with E-state index >= 15 is 0 Å². The normalized spacial score (nSPS) is 10.1. The van der Waals surface area contributed by atoms with Gasteiger partial charge in [0.25, 0.3) is 0 Å². The third-order valence-corrected chi connectivity index (χ3v) is 3.00. The van der Waals surface area contributed by atoms with Crippen LogP contribution < -0.4 is 14.8 Å². The summed E-state index contributed by atoms with van der Waals surface area (Å²) in [6.45, 7) is 2.41. The van der Waals surface area contributed by atoms with E-state index in [9.17, 15) is 9.18 Å². The van der Waals surface area contributed by atoms with Crippen LogP contribution in [0.25, 0.3) is 0 Å². The Morgan fingerprint density at radius 3 is 2.68 bits per heavy atom. The van der Waals surface area contributed by atoms with Gasteiger partial charge in [0.15, 0.2) is 11.5 Å². The number of rotatable bonds is 6. The summed E-state index contributed by atoms with van der Waals surface area (Å²) in [6.07, 6.45) is 0.104. The smallest absolute Gasteiger partial charge is 0.228 e. The van der Waals surface area contributed by atoms with Crippen molar-refractivity contribution < 1.29 is 18.7 Å². The quantitative estimate of drug-likeness (QED) is 0.889. The molecule has 0 spiro atoms. The Balaban J connectivity index is 2.05. The van der Waals surface area contributed by atoms with Gasteiger partial charge in [0, 0.05) is 11.8 Å². The minimum absolute atomic E-state index is 0.104. The van der Waals surface area contributed by atoms with Gasteiger partial charge in [-0.1, -0.05) is 12.1 Å². The molecule has 4 nitrogen and oxygen atoms in total. The Bertz CT molecular complexity index is 658. The van der Waals surface area contributed by atoms with Crippen LogP contribution in [0.15, 0.2) is 42.5 Å². The van der Waals surface area contributed by atoms with Crippen molar-refractivity contribution in [1.29, 1.82) is 0 Å². The molecule has 0 fully saturated rings. The van der Waals surface area contributed by atoms with Crippen molar-refractivity contribution in [2.24, 2.45) is 0 Å². The number of methoxy groups -OCH3 is 1. The van der Waals surface area contributed by atoms with Crippen LogP contribution in [0.5, 0.6) is 11.5 Å². The highest BCUT2D eigenvalue weighted by atomic mass is 19.1. The summed E-state index contributed by atoms with van der Waals surface area (Å²) < 4.78 is 23.7. The van der Waals surface area contributed by atoms with Crippen LogP contribution in [0.1, 0.15) is 12.5 Å². The van der Waals surface area contributed by atoms with Crippen molar-refractivity contribution in [3.63, 3.8) is 0 Å². The lowest BCUT2D eigenvalue weighted by Gasteiger charge is -2.11. The molecule has 0 aliphatic carbocycles. The van der Waals surface area contributed by atoms with Gasteiger partial charge in [0.2, 0.25) is 5.91 Å². The van der Waals surface area contributed by atoms with Gasteiger partial charge in [-0.2, -0.15) is 0 Å². The minimum Gasteiger partial charge on any atom is -0.493 e. The largest absolute Gasteiger partial charge is 0.493 e. The van der Waals surface area contributed by atoms with Gasteiger partial charge in [0.1, 0.15) is 5.82 Å². The molecule has 22 heavy (non-hydrogen) atoms. The van der Waals surface area contributed by atoms with Crippen molar-refractivity contribution in [2.75, 3.05) is 19.0 Å². The molecule has 1 N–H and O–H groups in total. The van der Waals surface area contributed by atoms with Crippen LogP contribution in [0.2, 0.25) is 0 Å². The van der Waals surface area contributed by atoms with E-state index in [-0.39, 0.29) is 18.1 Å². The molecule has 5 heteroatoms. The molecule has 0 aliphatic rings. The molecule has 0 aromatic heterocycles. The maximum atomic E-state index is 13.1. The second kappa shape index (κ2) is 7.45. The molecule has 0 bridgehead atoms. The average molecular weight is 303 g/mol. The molecule has 0 atom stereocenters. The summed E-state index contributed by atoms with van der Waals surface area (Å²) in [5.41, 5.74) is 1.22. The summed E-state index contributed by atoms with van der Waals surface area (Å²) >= 11 is 0. The molecule has 2 aromatic carbocycles. The van der Waals surface area contributed by atoms with E-state index in [4.69, 9.17) is 9.47 Å². The Morgan fingerprint density at radius 2 is 2.00 bits per heavy atom. The van der Waals surface area contributed by atoms with E-state index in [1.165, 1.54) is 19.2 Å². The molecular weight excluding hydrogens is 285 g/mol. The monoisotopic (exact) mass is 303 g/mol. The number of hydrogen-bond acceptors (Lipinski definition) is 3. The first-order valence-corrected chi connectivity index (χ1v) is 6.97. The number of nitrogens with one attached hydrogen (secondary N) is 1. The zero-order valence-electron chi connectivity index (χ0n) is 12.6. The lowest BCUT2D eigenvalue weighted by molar-refractivity contribution is -0.115. The SMILES string of the molecule is CCOc1ccc(NC(=O)Cc2cccc(F)c2)cc1OC. The Kier molecular flexibility index (Phi) is 5.36. The molecule has 0 saturated heterocycles. The zero-order valence-corrected chi connectivity index (χ0v) is 12.6. The van der Waals surface area contributed by atoms with E-state index in [0.29, 0.717) is 29.4 Å². The summed E-state index contributed by atoms with van der Waals surface area (Å²) in [5.74, 6) is 0.586. The number of anilines is 1. The van der Waals surface area contributed by atoms with Crippen molar-refractivity contribution >= 4 is 11.6 Å². The van der Waals surface area contributed by atoms with Crippen molar-refractivity contribution in [1.82, 2.24) is 0 Å². The molecule has 0 unspecified atom stereocenters. The number of amides is 1. The number of hydrogen-bond donors (Lipinski definition) is 1. The molecule has 0 heterocycles. The number of ether oxygens (including phenoxy) is 2. The van der Waals surface area contributed by atoms with Crippen LogP contribution in [-0.2, 0) is 11.2 Å². The average Bonchev–Trinajstić information content (AvgIpc) is 2.49. The molecule has 1 amide bonds. The number of benzene rings is 2. The molecule has 0 saturated carbocycles. The van der Waals surface area contributed by atoms with E-state index < -0.39 is 0 Å². The number of halogens is 1. The predicted molar refractivity (Wildman–Crippen MR) is 82.9 cm³/mol. The molecule has 2 rings (SSSR count). The number of carbonyl (C=O) groups excluding carboxylic acids is 1. The Labute approximate surface area is 128 Å². The van der Waals surface area contributed by atoms with E-state index in [1.54, 1.807) is 30.3 Å². The fourth-order valence-electron chi connectivity index (χ4n) is 2.06. The van der Waals surface area contributed by atoms with Gasteiger partial charge in [-0.15, -0.1) is 0 Å². The highest BCUT2D eigenvalue weighted by Crippen LogP contribution is 2.30. The summed E-state index contributed by atoms with van der Waals surface area (Å²) in [5, 5.41) is 2.76. The molecule has 0 aliphatic heterocycles. The van der Waals surface area contributed by atoms with Crippen molar-refractivity contribution in [3.8, 4) is 11.5 Å². The summed E-state index contributed by atoms with van der Waals surface area (Å²) in [7, 11) is 1.54. The van der Waals surface area contributed by atoms with Gasteiger partial charge in [-0.25, -0.2) is 4.39 Å². The molecular formula is C17H18FNO3. The highest BCUT2D eigenvalue weighted by Gasteiger charge is 2.09. The van der Waals surface area contributed by atoms with Gasteiger partial charge in [0.05, 0.1) is 20.1 Å². The first-order valence-electron chi connectivity index (χ1n) is 6.97. The standard InChI is InChI=1S/C17H18FNO3/c1-3-22-15-8-7-14(11-16(15)21-2)19-17(20)10-12-5-4-6-13(18)9-12/h4-9,11H,3,10H2,1-2H3,(H,19,20). The first kappa shape index (κ1) is 15.8. The fourth-order valence-corrected chi connectivity index (χ4v) is 2.06. The van der Waals surface area contributed by atoms with Gasteiger partial charge >= 0.3 is 0 Å². The lowest BCUT2D eigenvalue weighted by Crippen LogP contribution is -2.14. The Morgan fingerprint density at radius 1 is 1.18 bits per heavy atom. The third kappa shape index (κ3) is 4.22. The summed E-state index contributed by atoms with van der Waals surface area (Å²) in [4.78, 5) is 12.0. The van der Waals surface area contributed by atoms with Gasteiger partial charge in [-0.3, -0.25) is 4.79 Å². The van der Waals surface area contributed by atoms with Crippen molar-refractivity contribution in [3.05, 3.63) is 53.8 Å². The maximum absolute atomic E-state index is 13.1. The van der Waals surface area contributed by atoms with Gasteiger partial charge < -0.3 is 14.8 Å². The second-order valence-electron chi connectivity index (χ2n) is 4.65. The minimum atomic E-state index is -0.354. The van der Waals surface area contributed by atoms with Crippen molar-refractivity contribution in [2.45, 2.75) is 13.3 Å². The van der Waals surface area contributed by atoms with Gasteiger partial charge in [-0.05, 0) is 36.8 Å². The second-order valence-corrected chi connectivity index (χ2v) is 4.65. The van der Waals surface area contributed by atoms with Crippen LogP contribution in [-0.4, -0.2) is 19.6 Å². The molecule has 0 radical (unpaired) electrons. The van der Waals surface area contributed by atoms with Crippen LogP contribution in [0.4, 0.5) is 10.1 Å². The molecule has 116 valence electrons. The van der Waals surface area contributed by atoms with E-state index in [2.05, 4.69) is 5.32 Å². The van der Waals surface area contributed by atoms with E-state index in [1.807, 2.05) is 6.92 Å². The number of carbonyl (C=O) groups is 1. The lowest BCUT2D eigenvalue weighted by atomic mass is 10.1. The van der Waals surface area contributed by atoms with Crippen LogP contribution in [0, 0.1) is 5.82 Å². The van der Waals surface area contributed by atoms with Crippen LogP contribution >= 0.6 is 0 Å². The summed E-state index contributed by atoms with van der Waals surface area (Å²) in [6, 6.07) is 11.1. The predicted octanol–water partition coefficient (Wildman–Crippen LogP) is 3.41. The molecule has 2 aromatic rings. The third-order valence-electron chi connectivity index (χ3n) is 3.00. The highest BCUT2D eigenvalue weighted by molar-refractivity contribution is 5.92.